The molecule has 1 heterocycles. The molecule has 0 fully saturated rings. The van der Waals surface area contributed by atoms with Crippen LogP contribution in [0, 0.1) is 5.82 Å². The number of hydrogen-bond donors (Lipinski definition) is 1. The fourth-order valence-electron chi connectivity index (χ4n) is 1.84. The molecule has 0 radical (unpaired) electrons. The van der Waals surface area contributed by atoms with Gasteiger partial charge < -0.3 is 14.5 Å². The van der Waals surface area contributed by atoms with Crippen molar-refractivity contribution in [1.29, 1.82) is 0 Å². The predicted octanol–water partition coefficient (Wildman–Crippen LogP) is 2.98. The van der Waals surface area contributed by atoms with Crippen molar-refractivity contribution in [2.45, 2.75) is 0 Å². The van der Waals surface area contributed by atoms with Gasteiger partial charge in [0.25, 0.3) is 5.91 Å². The minimum absolute atomic E-state index is 0.208. The first-order chi connectivity index (χ1) is 10.2. The zero-order valence-corrected chi connectivity index (χ0v) is 10.9. The molecule has 0 saturated carbocycles. The number of carbonyl (C=O) groups is 1. The van der Waals surface area contributed by atoms with E-state index in [1.165, 1.54) is 24.6 Å². The smallest absolute Gasteiger partial charge is 0.262 e. The summed E-state index contributed by atoms with van der Waals surface area (Å²) in [5.41, 5.74) is 1.88. The van der Waals surface area contributed by atoms with E-state index in [-0.39, 0.29) is 12.5 Å². The van der Waals surface area contributed by atoms with Crippen LogP contribution in [0.15, 0.2) is 53.3 Å². The number of anilines is 1. The van der Waals surface area contributed by atoms with Crippen LogP contribution in [0.4, 0.5) is 10.1 Å². The van der Waals surface area contributed by atoms with Crippen molar-refractivity contribution < 1.29 is 18.3 Å². The lowest BCUT2D eigenvalue weighted by Gasteiger charge is -2.07. The number of halogens is 1. The number of nitrogens with zero attached hydrogens (tertiary/aromatic N) is 1. The van der Waals surface area contributed by atoms with E-state index in [0.717, 1.165) is 0 Å². The fourth-order valence-corrected chi connectivity index (χ4v) is 1.84. The summed E-state index contributed by atoms with van der Waals surface area (Å²) in [7, 11) is 0. The first-order valence-corrected chi connectivity index (χ1v) is 6.22. The van der Waals surface area contributed by atoms with E-state index in [1.54, 1.807) is 24.3 Å². The lowest BCUT2D eigenvalue weighted by molar-refractivity contribution is -0.118. The van der Waals surface area contributed by atoms with Crippen molar-refractivity contribution in [2.75, 3.05) is 11.9 Å². The van der Waals surface area contributed by atoms with Crippen molar-refractivity contribution in [1.82, 2.24) is 4.98 Å². The topological polar surface area (TPSA) is 64.4 Å². The quantitative estimate of drug-likeness (QED) is 0.800. The number of benzene rings is 2. The largest absolute Gasteiger partial charge is 0.484 e. The molecule has 3 aromatic rings. The number of oxazole rings is 1. The second kappa shape index (κ2) is 5.62. The van der Waals surface area contributed by atoms with Gasteiger partial charge in [0.2, 0.25) is 0 Å². The lowest BCUT2D eigenvalue weighted by Crippen LogP contribution is -2.20. The molecule has 1 N–H and O–H groups in total. The molecule has 6 heteroatoms. The maximum absolute atomic E-state index is 13.0. The zero-order valence-electron chi connectivity index (χ0n) is 10.9. The van der Waals surface area contributed by atoms with Crippen molar-refractivity contribution in [2.24, 2.45) is 0 Å². The van der Waals surface area contributed by atoms with Crippen LogP contribution >= 0.6 is 0 Å². The van der Waals surface area contributed by atoms with Gasteiger partial charge in [-0.2, -0.15) is 0 Å². The fraction of sp³-hybridized carbons (Fsp3) is 0.0667. The predicted molar refractivity (Wildman–Crippen MR) is 74.5 cm³/mol. The average Bonchev–Trinajstić information content (AvgIpc) is 2.93. The number of carbonyl (C=O) groups excluding carboxylic acids is 1. The lowest BCUT2D eigenvalue weighted by atomic mass is 10.3. The van der Waals surface area contributed by atoms with E-state index < -0.39 is 5.82 Å². The molecule has 106 valence electrons. The van der Waals surface area contributed by atoms with Gasteiger partial charge in [-0.1, -0.05) is 6.07 Å². The third-order valence-corrected chi connectivity index (χ3v) is 2.78. The van der Waals surface area contributed by atoms with Gasteiger partial charge in [-0.15, -0.1) is 0 Å². The number of amides is 1. The summed E-state index contributed by atoms with van der Waals surface area (Å²) in [6.07, 6.45) is 1.34. The van der Waals surface area contributed by atoms with Gasteiger partial charge in [0, 0.05) is 11.8 Å². The summed E-state index contributed by atoms with van der Waals surface area (Å²) in [5, 5.41) is 2.67. The number of hydrogen-bond acceptors (Lipinski definition) is 4. The van der Waals surface area contributed by atoms with Gasteiger partial charge in [-0.05, 0) is 30.3 Å². The van der Waals surface area contributed by atoms with Crippen LogP contribution in [0.3, 0.4) is 0 Å². The second-order valence-corrected chi connectivity index (χ2v) is 4.33. The van der Waals surface area contributed by atoms with E-state index in [4.69, 9.17) is 9.15 Å². The minimum atomic E-state index is -0.413. The van der Waals surface area contributed by atoms with Crippen molar-refractivity contribution in [3.63, 3.8) is 0 Å². The van der Waals surface area contributed by atoms with Gasteiger partial charge in [0.15, 0.2) is 18.6 Å². The Morgan fingerprint density at radius 1 is 1.29 bits per heavy atom. The molecular formula is C15H11FN2O3. The van der Waals surface area contributed by atoms with Crippen molar-refractivity contribution >= 4 is 22.7 Å². The Morgan fingerprint density at radius 3 is 3.05 bits per heavy atom. The first kappa shape index (κ1) is 13.1. The second-order valence-electron chi connectivity index (χ2n) is 4.33. The summed E-state index contributed by atoms with van der Waals surface area (Å²) in [6.45, 7) is -0.208. The molecule has 0 aliphatic rings. The average molecular weight is 286 g/mol. The van der Waals surface area contributed by atoms with Crippen molar-refractivity contribution in [3.8, 4) is 5.75 Å². The summed E-state index contributed by atoms with van der Waals surface area (Å²) >= 11 is 0. The summed E-state index contributed by atoms with van der Waals surface area (Å²) in [5.74, 6) is -0.455. The minimum Gasteiger partial charge on any atom is -0.484 e. The normalized spacial score (nSPS) is 10.5. The Kier molecular flexibility index (Phi) is 3.51. The molecule has 0 saturated heterocycles. The van der Waals surface area contributed by atoms with E-state index in [0.29, 0.717) is 22.5 Å². The van der Waals surface area contributed by atoms with Crippen LogP contribution in [0.2, 0.25) is 0 Å². The number of ether oxygens (including phenoxy) is 1. The van der Waals surface area contributed by atoms with E-state index >= 15 is 0 Å². The molecule has 0 spiro atoms. The molecule has 0 unspecified atom stereocenters. The third-order valence-electron chi connectivity index (χ3n) is 2.78. The number of nitrogens with one attached hydrogen (secondary N) is 1. The standard InChI is InChI=1S/C15H11FN2O3/c16-10-2-1-3-12(6-10)20-8-15(19)18-11-4-5-14-13(7-11)17-9-21-14/h1-7,9H,8H2,(H,18,19). The molecule has 2 aromatic carbocycles. The van der Waals surface area contributed by atoms with Crippen LogP contribution in [0.5, 0.6) is 5.75 Å². The van der Waals surface area contributed by atoms with Gasteiger partial charge in [0.1, 0.15) is 17.1 Å². The highest BCUT2D eigenvalue weighted by Crippen LogP contribution is 2.17. The van der Waals surface area contributed by atoms with Crippen LogP contribution in [-0.2, 0) is 4.79 Å². The number of rotatable bonds is 4. The summed E-state index contributed by atoms with van der Waals surface area (Å²) in [4.78, 5) is 15.8. The highest BCUT2D eigenvalue weighted by Gasteiger charge is 2.06. The van der Waals surface area contributed by atoms with Crippen LogP contribution in [0.1, 0.15) is 0 Å². The summed E-state index contributed by atoms with van der Waals surface area (Å²) < 4.78 is 23.3. The van der Waals surface area contributed by atoms with E-state index in [1.807, 2.05) is 0 Å². The van der Waals surface area contributed by atoms with Crippen LogP contribution in [0.25, 0.3) is 11.1 Å². The van der Waals surface area contributed by atoms with Gasteiger partial charge in [-0.3, -0.25) is 4.79 Å². The monoisotopic (exact) mass is 286 g/mol. The van der Waals surface area contributed by atoms with E-state index in [2.05, 4.69) is 10.3 Å². The van der Waals surface area contributed by atoms with Crippen molar-refractivity contribution in [3.05, 3.63) is 54.7 Å². The molecule has 5 nitrogen and oxygen atoms in total. The highest BCUT2D eigenvalue weighted by molar-refractivity contribution is 5.93. The Hall–Kier alpha value is -2.89. The molecule has 3 rings (SSSR count). The molecular weight excluding hydrogens is 275 g/mol. The summed E-state index contributed by atoms with van der Waals surface area (Å²) in [6, 6.07) is 10.7. The SMILES string of the molecule is O=C(COc1cccc(F)c1)Nc1ccc2ocnc2c1. The van der Waals surface area contributed by atoms with Crippen LogP contribution < -0.4 is 10.1 Å². The Bertz CT molecular complexity index is 785. The molecule has 1 aromatic heterocycles. The maximum Gasteiger partial charge on any atom is 0.262 e. The molecule has 1 amide bonds. The number of fused-ring (bicyclic) bond motifs is 1. The highest BCUT2D eigenvalue weighted by atomic mass is 19.1. The Labute approximate surface area is 119 Å². The maximum atomic E-state index is 13.0. The zero-order chi connectivity index (χ0) is 14.7. The Balaban J connectivity index is 1.60. The molecule has 21 heavy (non-hydrogen) atoms. The Morgan fingerprint density at radius 2 is 2.19 bits per heavy atom. The van der Waals surface area contributed by atoms with Gasteiger partial charge in [-0.25, -0.2) is 9.37 Å². The van der Waals surface area contributed by atoms with Crippen LogP contribution in [-0.4, -0.2) is 17.5 Å². The van der Waals surface area contributed by atoms with Gasteiger partial charge >= 0.3 is 0 Å². The molecule has 0 bridgehead atoms. The molecule has 0 atom stereocenters. The number of aromatic nitrogens is 1. The molecule has 0 aliphatic carbocycles. The molecule has 0 aliphatic heterocycles. The van der Waals surface area contributed by atoms with E-state index in [9.17, 15) is 9.18 Å². The van der Waals surface area contributed by atoms with Gasteiger partial charge in [0.05, 0.1) is 0 Å². The first-order valence-electron chi connectivity index (χ1n) is 6.22. The third kappa shape index (κ3) is 3.17.